The average molecular weight is 245 g/mol. The molecule has 5 heteroatoms. The first-order valence-electron chi connectivity index (χ1n) is 5.81. The van der Waals surface area contributed by atoms with Gasteiger partial charge in [0.15, 0.2) is 0 Å². The number of nitrogens with zero attached hydrogens (tertiary/aromatic N) is 2. The number of hydrogen-bond acceptors (Lipinski definition) is 4. The predicted molar refractivity (Wildman–Crippen MR) is 67.0 cm³/mol. The van der Waals surface area contributed by atoms with Crippen LogP contribution in [-0.4, -0.2) is 36.8 Å². The van der Waals surface area contributed by atoms with Gasteiger partial charge in [-0.2, -0.15) is 5.26 Å². The minimum Gasteiger partial charge on any atom is -0.392 e. The van der Waals surface area contributed by atoms with E-state index in [2.05, 4.69) is 5.32 Å². The minimum atomic E-state index is -0.451. The van der Waals surface area contributed by atoms with E-state index < -0.39 is 6.10 Å². The molecule has 18 heavy (non-hydrogen) atoms. The molecule has 1 aliphatic heterocycles. The summed E-state index contributed by atoms with van der Waals surface area (Å²) in [6, 6.07) is 8.53. The SMILES string of the molecule is CN(C(=O)C1CC(O)CN1)c1ccc(C#N)cc1. The van der Waals surface area contributed by atoms with Crippen LogP contribution in [0.2, 0.25) is 0 Å². The van der Waals surface area contributed by atoms with E-state index in [9.17, 15) is 9.90 Å². The molecule has 2 atom stereocenters. The van der Waals surface area contributed by atoms with Crippen molar-refractivity contribution in [3.8, 4) is 6.07 Å². The molecule has 2 unspecified atom stereocenters. The van der Waals surface area contributed by atoms with E-state index in [0.29, 0.717) is 18.5 Å². The molecule has 1 saturated heterocycles. The molecule has 1 heterocycles. The zero-order valence-corrected chi connectivity index (χ0v) is 10.1. The molecular weight excluding hydrogens is 230 g/mol. The van der Waals surface area contributed by atoms with Crippen molar-refractivity contribution in [2.45, 2.75) is 18.6 Å². The summed E-state index contributed by atoms with van der Waals surface area (Å²) in [6.07, 6.45) is -0.00673. The lowest BCUT2D eigenvalue weighted by molar-refractivity contribution is -0.120. The summed E-state index contributed by atoms with van der Waals surface area (Å²) in [6.45, 7) is 0.456. The van der Waals surface area contributed by atoms with Crippen molar-refractivity contribution >= 4 is 11.6 Å². The van der Waals surface area contributed by atoms with Crippen LogP contribution in [0.15, 0.2) is 24.3 Å². The van der Waals surface area contributed by atoms with Crippen LogP contribution in [0.3, 0.4) is 0 Å². The Kier molecular flexibility index (Phi) is 3.60. The second-order valence-electron chi connectivity index (χ2n) is 4.41. The van der Waals surface area contributed by atoms with Crippen LogP contribution in [0.25, 0.3) is 0 Å². The maximum absolute atomic E-state index is 12.1. The number of benzene rings is 1. The molecule has 0 saturated carbocycles. The van der Waals surface area contributed by atoms with E-state index in [1.54, 1.807) is 31.3 Å². The Morgan fingerprint density at radius 3 is 2.67 bits per heavy atom. The highest BCUT2D eigenvalue weighted by atomic mass is 16.3. The topological polar surface area (TPSA) is 76.4 Å². The van der Waals surface area contributed by atoms with E-state index >= 15 is 0 Å². The van der Waals surface area contributed by atoms with Crippen LogP contribution in [0.5, 0.6) is 0 Å². The monoisotopic (exact) mass is 245 g/mol. The van der Waals surface area contributed by atoms with Gasteiger partial charge in [0.25, 0.3) is 0 Å². The van der Waals surface area contributed by atoms with E-state index in [-0.39, 0.29) is 11.9 Å². The van der Waals surface area contributed by atoms with Gasteiger partial charge in [-0.15, -0.1) is 0 Å². The third kappa shape index (κ3) is 2.50. The van der Waals surface area contributed by atoms with Crippen molar-refractivity contribution in [3.63, 3.8) is 0 Å². The third-order valence-corrected chi connectivity index (χ3v) is 3.12. The number of likely N-dealkylation sites (N-methyl/N-ethyl adjacent to an activating group) is 1. The molecule has 1 fully saturated rings. The van der Waals surface area contributed by atoms with Crippen LogP contribution in [-0.2, 0) is 4.79 Å². The number of rotatable bonds is 2. The number of aliphatic hydroxyl groups excluding tert-OH is 1. The van der Waals surface area contributed by atoms with Crippen molar-refractivity contribution in [1.29, 1.82) is 5.26 Å². The maximum atomic E-state index is 12.1. The van der Waals surface area contributed by atoms with Crippen LogP contribution in [0.1, 0.15) is 12.0 Å². The Hall–Kier alpha value is -1.90. The lowest BCUT2D eigenvalue weighted by Crippen LogP contribution is -2.41. The summed E-state index contributed by atoms with van der Waals surface area (Å²) in [5.41, 5.74) is 1.30. The number of carbonyl (C=O) groups excluding carboxylic acids is 1. The Labute approximate surface area is 106 Å². The fourth-order valence-electron chi connectivity index (χ4n) is 2.03. The number of nitrogens with one attached hydrogen (secondary N) is 1. The van der Waals surface area contributed by atoms with Crippen molar-refractivity contribution in [1.82, 2.24) is 5.32 Å². The molecule has 5 nitrogen and oxygen atoms in total. The summed E-state index contributed by atoms with van der Waals surface area (Å²) in [7, 11) is 1.69. The second-order valence-corrected chi connectivity index (χ2v) is 4.41. The maximum Gasteiger partial charge on any atom is 0.243 e. The van der Waals surface area contributed by atoms with Gasteiger partial charge in [-0.1, -0.05) is 0 Å². The van der Waals surface area contributed by atoms with Crippen molar-refractivity contribution in [2.75, 3.05) is 18.5 Å². The molecule has 94 valence electrons. The van der Waals surface area contributed by atoms with Gasteiger partial charge < -0.3 is 15.3 Å². The molecule has 2 rings (SSSR count). The zero-order chi connectivity index (χ0) is 13.1. The highest BCUT2D eigenvalue weighted by molar-refractivity contribution is 5.97. The molecule has 0 spiro atoms. The first-order chi connectivity index (χ1) is 8.61. The number of anilines is 1. The molecule has 0 aromatic heterocycles. The highest BCUT2D eigenvalue weighted by Crippen LogP contribution is 2.17. The van der Waals surface area contributed by atoms with Gasteiger partial charge in [0, 0.05) is 19.3 Å². The minimum absolute atomic E-state index is 0.0729. The standard InChI is InChI=1S/C13H15N3O2/c1-16(10-4-2-9(7-14)3-5-10)13(18)12-6-11(17)8-15-12/h2-5,11-12,15,17H,6,8H2,1H3. The fourth-order valence-corrected chi connectivity index (χ4v) is 2.03. The van der Waals surface area contributed by atoms with Gasteiger partial charge >= 0.3 is 0 Å². The molecule has 0 aliphatic carbocycles. The summed E-state index contributed by atoms with van der Waals surface area (Å²) < 4.78 is 0. The smallest absolute Gasteiger partial charge is 0.243 e. The number of β-amino-alcohol motifs (C(OH)–C–C–N with tert-alkyl or cyclic N) is 1. The quantitative estimate of drug-likeness (QED) is 0.782. The predicted octanol–water partition coefficient (Wildman–Crippen LogP) is 0.244. The molecule has 0 bridgehead atoms. The Morgan fingerprint density at radius 1 is 1.50 bits per heavy atom. The molecule has 2 N–H and O–H groups in total. The van der Waals surface area contributed by atoms with Crippen LogP contribution < -0.4 is 10.2 Å². The average Bonchev–Trinajstić information content (AvgIpc) is 2.84. The van der Waals surface area contributed by atoms with Gasteiger partial charge in [-0.25, -0.2) is 0 Å². The van der Waals surface area contributed by atoms with Gasteiger partial charge in [0.1, 0.15) is 0 Å². The summed E-state index contributed by atoms with van der Waals surface area (Å²) in [4.78, 5) is 13.7. The fraction of sp³-hybridized carbons (Fsp3) is 0.385. The molecule has 0 radical (unpaired) electrons. The van der Waals surface area contributed by atoms with Crippen molar-refractivity contribution in [3.05, 3.63) is 29.8 Å². The van der Waals surface area contributed by atoms with Crippen molar-refractivity contribution < 1.29 is 9.90 Å². The second kappa shape index (κ2) is 5.17. The van der Waals surface area contributed by atoms with E-state index in [4.69, 9.17) is 5.26 Å². The summed E-state index contributed by atoms with van der Waals surface area (Å²) in [5, 5.41) is 21.1. The molecular formula is C13H15N3O2. The Morgan fingerprint density at radius 2 is 2.17 bits per heavy atom. The third-order valence-electron chi connectivity index (χ3n) is 3.12. The molecule has 1 aliphatic rings. The zero-order valence-electron chi connectivity index (χ0n) is 10.1. The number of nitriles is 1. The van der Waals surface area contributed by atoms with Crippen LogP contribution in [0, 0.1) is 11.3 Å². The lowest BCUT2D eigenvalue weighted by Gasteiger charge is -2.21. The summed E-state index contributed by atoms with van der Waals surface area (Å²) in [5.74, 6) is -0.0729. The normalized spacial score (nSPS) is 22.5. The highest BCUT2D eigenvalue weighted by Gasteiger charge is 2.30. The van der Waals surface area contributed by atoms with E-state index in [1.807, 2.05) is 6.07 Å². The Bertz CT molecular complexity index is 478. The number of aliphatic hydroxyl groups is 1. The number of amides is 1. The van der Waals surface area contributed by atoms with Gasteiger partial charge in [-0.3, -0.25) is 4.79 Å². The van der Waals surface area contributed by atoms with Gasteiger partial charge in [0.2, 0.25) is 5.91 Å². The molecule has 1 aromatic rings. The largest absolute Gasteiger partial charge is 0.392 e. The van der Waals surface area contributed by atoms with Crippen LogP contribution in [0.4, 0.5) is 5.69 Å². The molecule has 1 aromatic carbocycles. The van der Waals surface area contributed by atoms with E-state index in [1.165, 1.54) is 4.90 Å². The lowest BCUT2D eigenvalue weighted by atomic mass is 10.1. The Balaban J connectivity index is 2.08. The molecule has 1 amide bonds. The number of hydrogen-bond donors (Lipinski definition) is 2. The van der Waals surface area contributed by atoms with Gasteiger partial charge in [0.05, 0.1) is 23.8 Å². The van der Waals surface area contributed by atoms with Crippen molar-refractivity contribution in [2.24, 2.45) is 0 Å². The van der Waals surface area contributed by atoms with Crippen LogP contribution >= 0.6 is 0 Å². The number of carbonyl (C=O) groups is 1. The summed E-state index contributed by atoms with van der Waals surface area (Å²) >= 11 is 0. The first kappa shape index (κ1) is 12.6. The van der Waals surface area contributed by atoms with E-state index in [0.717, 1.165) is 5.69 Å². The first-order valence-corrected chi connectivity index (χ1v) is 5.81. The van der Waals surface area contributed by atoms with Gasteiger partial charge in [-0.05, 0) is 30.7 Å².